The van der Waals surface area contributed by atoms with Gasteiger partial charge in [0.05, 0.1) is 5.69 Å². The molecule has 0 unspecified atom stereocenters. The van der Waals surface area contributed by atoms with Crippen LogP contribution in [0.3, 0.4) is 0 Å². The van der Waals surface area contributed by atoms with Crippen molar-refractivity contribution >= 4 is 34.5 Å². The summed E-state index contributed by atoms with van der Waals surface area (Å²) in [5, 5.41) is 9.31. The molecule has 1 aromatic carbocycles. The lowest BCUT2D eigenvalue weighted by atomic mass is 9.86. The number of rotatable bonds is 4. The molecular formula is C22H26ClN7O. The van der Waals surface area contributed by atoms with Crippen LogP contribution in [0.5, 0.6) is 0 Å². The van der Waals surface area contributed by atoms with Gasteiger partial charge in [-0.15, -0.1) is 5.10 Å². The largest absolute Gasteiger partial charge is 0.351 e. The molecule has 5 rings (SSSR count). The third kappa shape index (κ3) is 4.21. The lowest BCUT2D eigenvalue weighted by Crippen LogP contribution is -2.49. The van der Waals surface area contributed by atoms with Crippen LogP contribution >= 0.6 is 11.6 Å². The van der Waals surface area contributed by atoms with E-state index in [1.54, 1.807) is 11.0 Å². The highest BCUT2D eigenvalue weighted by Gasteiger charge is 2.26. The maximum absolute atomic E-state index is 12.8. The lowest BCUT2D eigenvalue weighted by molar-refractivity contribution is -0.132. The summed E-state index contributed by atoms with van der Waals surface area (Å²) >= 11 is 6.00. The number of anilines is 1. The van der Waals surface area contributed by atoms with Gasteiger partial charge in [-0.3, -0.25) is 4.79 Å². The molecule has 9 heteroatoms. The van der Waals surface area contributed by atoms with E-state index in [1.807, 2.05) is 29.2 Å². The summed E-state index contributed by atoms with van der Waals surface area (Å²) < 4.78 is 1.70. The predicted molar refractivity (Wildman–Crippen MR) is 119 cm³/mol. The van der Waals surface area contributed by atoms with Gasteiger partial charge < -0.3 is 9.80 Å². The fourth-order valence-electron chi connectivity index (χ4n) is 4.66. The van der Waals surface area contributed by atoms with E-state index < -0.39 is 0 Å². The van der Waals surface area contributed by atoms with E-state index >= 15 is 0 Å². The molecule has 1 saturated heterocycles. The molecule has 2 fully saturated rings. The Balaban J connectivity index is 1.28. The monoisotopic (exact) mass is 439 g/mol. The molecule has 0 bridgehead atoms. The van der Waals surface area contributed by atoms with Crippen LogP contribution in [0.1, 0.15) is 38.5 Å². The van der Waals surface area contributed by atoms with Gasteiger partial charge in [-0.1, -0.05) is 36.1 Å². The van der Waals surface area contributed by atoms with E-state index in [1.165, 1.54) is 32.1 Å². The first-order valence-corrected chi connectivity index (χ1v) is 11.4. The Labute approximate surface area is 186 Å². The Hall–Kier alpha value is -2.74. The lowest BCUT2D eigenvalue weighted by Gasteiger charge is -2.36. The maximum atomic E-state index is 12.8. The summed E-state index contributed by atoms with van der Waals surface area (Å²) in [6, 6.07) is 7.40. The minimum absolute atomic E-state index is 0.299. The topological polar surface area (TPSA) is 80.0 Å². The number of nitrogens with zero attached hydrogens (tertiary/aromatic N) is 7. The maximum Gasteiger partial charge on any atom is 0.222 e. The Kier molecular flexibility index (Phi) is 5.72. The standard InChI is InChI=1S/C22H26ClN7O/c23-17-6-8-18(9-7-17)30-22-20(26-27-30)21(24-15-25-22)29-12-10-28(11-13-29)19(31)14-16-4-2-1-3-5-16/h6-9,15-16H,1-5,10-14H2. The smallest absolute Gasteiger partial charge is 0.222 e. The molecule has 2 aliphatic rings. The third-order valence-electron chi connectivity index (χ3n) is 6.41. The van der Waals surface area contributed by atoms with Gasteiger partial charge in [0.25, 0.3) is 0 Å². The molecule has 2 aromatic heterocycles. The highest BCUT2D eigenvalue weighted by molar-refractivity contribution is 6.30. The van der Waals surface area contributed by atoms with E-state index in [-0.39, 0.29) is 0 Å². The first-order chi connectivity index (χ1) is 15.2. The number of hydrogen-bond donors (Lipinski definition) is 0. The second-order valence-corrected chi connectivity index (χ2v) is 8.86. The number of carbonyl (C=O) groups is 1. The summed E-state index contributed by atoms with van der Waals surface area (Å²) in [4.78, 5) is 25.8. The zero-order valence-corrected chi connectivity index (χ0v) is 18.2. The van der Waals surface area contributed by atoms with Crippen molar-refractivity contribution in [2.75, 3.05) is 31.1 Å². The summed E-state index contributed by atoms with van der Waals surface area (Å²) in [7, 11) is 0. The van der Waals surface area contributed by atoms with Crippen LogP contribution in [-0.2, 0) is 4.79 Å². The van der Waals surface area contributed by atoms with Crippen molar-refractivity contribution in [3.8, 4) is 5.69 Å². The molecule has 0 spiro atoms. The average Bonchev–Trinajstić information content (AvgIpc) is 3.25. The van der Waals surface area contributed by atoms with Gasteiger partial charge in [-0.2, -0.15) is 4.68 Å². The van der Waals surface area contributed by atoms with Crippen LogP contribution in [0.2, 0.25) is 5.02 Å². The van der Waals surface area contributed by atoms with E-state index in [0.717, 1.165) is 24.6 Å². The second kappa shape index (κ2) is 8.78. The quantitative estimate of drug-likeness (QED) is 0.619. The van der Waals surface area contributed by atoms with Crippen molar-refractivity contribution in [3.05, 3.63) is 35.6 Å². The Bertz CT molecular complexity index is 1050. The summed E-state index contributed by atoms with van der Waals surface area (Å²) in [6.45, 7) is 2.89. The summed E-state index contributed by atoms with van der Waals surface area (Å²) in [6.07, 6.45) is 8.51. The van der Waals surface area contributed by atoms with E-state index in [0.29, 0.717) is 47.5 Å². The molecule has 3 aromatic rings. The zero-order valence-electron chi connectivity index (χ0n) is 17.5. The highest BCUT2D eigenvalue weighted by atomic mass is 35.5. The first-order valence-electron chi connectivity index (χ1n) is 11.0. The number of benzene rings is 1. The van der Waals surface area contributed by atoms with Crippen molar-refractivity contribution in [1.29, 1.82) is 0 Å². The van der Waals surface area contributed by atoms with Crippen molar-refractivity contribution in [1.82, 2.24) is 29.9 Å². The number of carbonyl (C=O) groups excluding carboxylic acids is 1. The molecule has 1 amide bonds. The average molecular weight is 440 g/mol. The number of aromatic nitrogens is 5. The van der Waals surface area contributed by atoms with E-state index in [4.69, 9.17) is 11.6 Å². The zero-order chi connectivity index (χ0) is 21.2. The number of fused-ring (bicyclic) bond motifs is 1. The predicted octanol–water partition coefficient (Wildman–Crippen LogP) is 3.48. The fraction of sp³-hybridized carbons (Fsp3) is 0.500. The van der Waals surface area contributed by atoms with Crippen LogP contribution in [0.15, 0.2) is 30.6 Å². The van der Waals surface area contributed by atoms with Crippen LogP contribution in [0, 0.1) is 5.92 Å². The number of piperazine rings is 1. The van der Waals surface area contributed by atoms with Gasteiger partial charge in [-0.25, -0.2) is 9.97 Å². The van der Waals surface area contributed by atoms with Crippen molar-refractivity contribution < 1.29 is 4.79 Å². The van der Waals surface area contributed by atoms with Crippen LogP contribution in [0.25, 0.3) is 16.9 Å². The third-order valence-corrected chi connectivity index (χ3v) is 6.66. The molecule has 3 heterocycles. The Morgan fingerprint density at radius 1 is 1.00 bits per heavy atom. The van der Waals surface area contributed by atoms with Crippen molar-refractivity contribution in [3.63, 3.8) is 0 Å². The van der Waals surface area contributed by atoms with Crippen LogP contribution < -0.4 is 4.90 Å². The van der Waals surface area contributed by atoms with Crippen molar-refractivity contribution in [2.45, 2.75) is 38.5 Å². The molecule has 0 radical (unpaired) electrons. The molecule has 1 saturated carbocycles. The second-order valence-electron chi connectivity index (χ2n) is 8.42. The summed E-state index contributed by atoms with van der Waals surface area (Å²) in [5.41, 5.74) is 2.16. The normalized spacial score (nSPS) is 18.0. The molecule has 8 nitrogen and oxygen atoms in total. The molecular weight excluding hydrogens is 414 g/mol. The van der Waals surface area contributed by atoms with Crippen LogP contribution in [-0.4, -0.2) is 61.9 Å². The molecule has 31 heavy (non-hydrogen) atoms. The van der Waals surface area contributed by atoms with Gasteiger partial charge in [-0.05, 0) is 43.0 Å². The van der Waals surface area contributed by atoms with Crippen LogP contribution in [0.4, 0.5) is 5.82 Å². The van der Waals surface area contributed by atoms with Gasteiger partial charge in [0.15, 0.2) is 17.0 Å². The minimum Gasteiger partial charge on any atom is -0.351 e. The highest BCUT2D eigenvalue weighted by Crippen LogP contribution is 2.28. The molecule has 0 atom stereocenters. The molecule has 162 valence electrons. The number of amides is 1. The van der Waals surface area contributed by atoms with E-state index in [9.17, 15) is 4.79 Å². The molecule has 1 aliphatic heterocycles. The number of halogens is 1. The van der Waals surface area contributed by atoms with Gasteiger partial charge in [0.1, 0.15) is 6.33 Å². The SMILES string of the molecule is O=C(CC1CCCCC1)N1CCN(c2ncnc3c2nnn3-c2ccc(Cl)cc2)CC1. The Morgan fingerprint density at radius 3 is 2.48 bits per heavy atom. The Morgan fingerprint density at radius 2 is 1.74 bits per heavy atom. The summed E-state index contributed by atoms with van der Waals surface area (Å²) in [5.74, 6) is 1.64. The van der Waals surface area contributed by atoms with Gasteiger partial charge in [0, 0.05) is 37.6 Å². The first kappa shape index (κ1) is 20.2. The molecule has 1 aliphatic carbocycles. The van der Waals surface area contributed by atoms with Crippen molar-refractivity contribution in [2.24, 2.45) is 5.92 Å². The van der Waals surface area contributed by atoms with Gasteiger partial charge >= 0.3 is 0 Å². The minimum atomic E-state index is 0.299. The van der Waals surface area contributed by atoms with Gasteiger partial charge in [0.2, 0.25) is 5.91 Å². The number of hydrogen-bond acceptors (Lipinski definition) is 6. The van der Waals surface area contributed by atoms with E-state index in [2.05, 4.69) is 25.2 Å². The molecule has 0 N–H and O–H groups in total. The fourth-order valence-corrected chi connectivity index (χ4v) is 4.79.